The lowest BCUT2D eigenvalue weighted by Gasteiger charge is -2.36. The van der Waals surface area contributed by atoms with Gasteiger partial charge in [-0.1, -0.05) is 11.6 Å². The van der Waals surface area contributed by atoms with E-state index in [9.17, 15) is 14.9 Å². The topological polar surface area (TPSA) is 105 Å². The van der Waals surface area contributed by atoms with E-state index in [1.807, 2.05) is 6.07 Å². The molecule has 0 bridgehead atoms. The number of ether oxygens (including phenoxy) is 1. The van der Waals surface area contributed by atoms with Crippen molar-refractivity contribution in [3.8, 4) is 0 Å². The van der Waals surface area contributed by atoms with E-state index in [0.29, 0.717) is 39.4 Å². The Morgan fingerprint density at radius 3 is 2.47 bits per heavy atom. The molecule has 4 rings (SSSR count). The van der Waals surface area contributed by atoms with Crippen LogP contribution in [0.4, 0.5) is 17.2 Å². The maximum atomic E-state index is 12.8. The molecule has 0 N–H and O–H groups in total. The summed E-state index contributed by atoms with van der Waals surface area (Å²) >= 11 is 6.11. The summed E-state index contributed by atoms with van der Waals surface area (Å²) in [4.78, 5) is 29.1. The van der Waals surface area contributed by atoms with Gasteiger partial charge in [-0.15, -0.1) is 5.10 Å². The molecule has 2 aliphatic heterocycles. The molecule has 0 saturated carbocycles. The van der Waals surface area contributed by atoms with Gasteiger partial charge >= 0.3 is 0 Å². The van der Waals surface area contributed by atoms with Gasteiger partial charge in [0.25, 0.3) is 11.6 Å². The normalized spacial score (nSPS) is 17.2. The Labute approximate surface area is 178 Å². The Morgan fingerprint density at radius 2 is 1.80 bits per heavy atom. The third-order valence-electron chi connectivity index (χ3n) is 5.29. The highest BCUT2D eigenvalue weighted by Gasteiger charge is 2.26. The molecule has 1 aromatic heterocycles. The van der Waals surface area contributed by atoms with Crippen molar-refractivity contribution in [2.45, 2.75) is 0 Å². The molecule has 2 aromatic rings. The third-order valence-corrected chi connectivity index (χ3v) is 5.60. The first kappa shape index (κ1) is 20.3. The second-order valence-corrected chi connectivity index (χ2v) is 7.48. The summed E-state index contributed by atoms with van der Waals surface area (Å²) < 4.78 is 5.40. The van der Waals surface area contributed by atoms with Crippen LogP contribution in [0.2, 0.25) is 5.02 Å². The van der Waals surface area contributed by atoms with Gasteiger partial charge in [-0.2, -0.15) is 5.10 Å². The van der Waals surface area contributed by atoms with Crippen LogP contribution in [0.1, 0.15) is 10.4 Å². The van der Waals surface area contributed by atoms with Gasteiger partial charge in [0.15, 0.2) is 5.82 Å². The SMILES string of the molecule is O=C(c1ccc([N+](=O)[O-])cc1Cl)N1CCN(c2cc(N3CCOCC3)cnn2)CC1. The summed E-state index contributed by atoms with van der Waals surface area (Å²) in [6, 6.07) is 5.93. The molecule has 2 fully saturated rings. The third kappa shape index (κ3) is 4.29. The average Bonchev–Trinajstić information content (AvgIpc) is 2.79. The van der Waals surface area contributed by atoms with E-state index >= 15 is 0 Å². The molecular formula is C19H21ClN6O4. The van der Waals surface area contributed by atoms with Crippen LogP contribution in [0.3, 0.4) is 0 Å². The number of nitro benzene ring substituents is 1. The molecule has 1 amide bonds. The van der Waals surface area contributed by atoms with Crippen LogP contribution in [-0.2, 0) is 4.74 Å². The lowest BCUT2D eigenvalue weighted by atomic mass is 10.1. The molecule has 3 heterocycles. The van der Waals surface area contributed by atoms with Crippen molar-refractivity contribution in [2.75, 3.05) is 62.3 Å². The minimum absolute atomic E-state index is 0.0840. The molecule has 2 aliphatic rings. The molecular weight excluding hydrogens is 412 g/mol. The lowest BCUT2D eigenvalue weighted by Crippen LogP contribution is -2.49. The molecule has 0 aliphatic carbocycles. The van der Waals surface area contributed by atoms with Crippen molar-refractivity contribution in [3.05, 3.63) is 51.2 Å². The number of benzene rings is 1. The summed E-state index contributed by atoms with van der Waals surface area (Å²) in [6.45, 7) is 5.25. The summed E-state index contributed by atoms with van der Waals surface area (Å²) in [5.41, 5.74) is 1.14. The van der Waals surface area contributed by atoms with Crippen LogP contribution in [0.15, 0.2) is 30.5 Å². The highest BCUT2D eigenvalue weighted by molar-refractivity contribution is 6.34. The summed E-state index contributed by atoms with van der Waals surface area (Å²) in [7, 11) is 0. The molecule has 2 saturated heterocycles. The molecule has 0 atom stereocenters. The lowest BCUT2D eigenvalue weighted by molar-refractivity contribution is -0.384. The number of hydrogen-bond acceptors (Lipinski definition) is 8. The van der Waals surface area contributed by atoms with Gasteiger partial charge in [-0.05, 0) is 6.07 Å². The van der Waals surface area contributed by atoms with E-state index in [0.717, 1.165) is 24.6 Å². The number of non-ortho nitro benzene ring substituents is 1. The van der Waals surface area contributed by atoms with Gasteiger partial charge in [0, 0.05) is 57.5 Å². The van der Waals surface area contributed by atoms with Crippen molar-refractivity contribution in [3.63, 3.8) is 0 Å². The molecule has 1 aromatic carbocycles. The van der Waals surface area contributed by atoms with Gasteiger partial charge in [0.05, 0.1) is 40.6 Å². The van der Waals surface area contributed by atoms with E-state index in [1.165, 1.54) is 18.2 Å². The van der Waals surface area contributed by atoms with Crippen LogP contribution in [0.25, 0.3) is 0 Å². The Hall–Kier alpha value is -2.98. The molecule has 158 valence electrons. The number of nitro groups is 1. The van der Waals surface area contributed by atoms with Crippen molar-refractivity contribution in [1.82, 2.24) is 15.1 Å². The highest BCUT2D eigenvalue weighted by atomic mass is 35.5. The van der Waals surface area contributed by atoms with E-state index in [1.54, 1.807) is 11.1 Å². The number of piperazine rings is 1. The number of aromatic nitrogens is 2. The standard InChI is InChI=1S/C19H21ClN6O4/c20-17-11-14(26(28)29)1-2-16(17)19(27)25-5-3-24(4-6-25)18-12-15(13-21-22-18)23-7-9-30-10-8-23/h1-2,11-13H,3-10H2. The predicted octanol–water partition coefficient (Wildman–Crippen LogP) is 1.84. The summed E-state index contributed by atoms with van der Waals surface area (Å²) in [5.74, 6) is 0.544. The molecule has 0 radical (unpaired) electrons. The smallest absolute Gasteiger partial charge is 0.270 e. The maximum absolute atomic E-state index is 12.8. The molecule has 11 heteroatoms. The zero-order valence-corrected chi connectivity index (χ0v) is 17.0. The van der Waals surface area contributed by atoms with Crippen LogP contribution >= 0.6 is 11.6 Å². The number of carbonyl (C=O) groups is 1. The fourth-order valence-electron chi connectivity index (χ4n) is 3.59. The zero-order chi connectivity index (χ0) is 21.1. The van der Waals surface area contributed by atoms with Gasteiger partial charge in [-0.25, -0.2) is 0 Å². The molecule has 10 nitrogen and oxygen atoms in total. The number of hydrogen-bond donors (Lipinski definition) is 0. The fraction of sp³-hybridized carbons (Fsp3) is 0.421. The van der Waals surface area contributed by atoms with Gasteiger partial charge < -0.3 is 19.4 Å². The van der Waals surface area contributed by atoms with Crippen LogP contribution in [0, 0.1) is 10.1 Å². The molecule has 0 spiro atoms. The number of morpholine rings is 1. The summed E-state index contributed by atoms with van der Waals surface area (Å²) in [5, 5.41) is 19.3. The quantitative estimate of drug-likeness (QED) is 0.532. The van der Waals surface area contributed by atoms with E-state index in [2.05, 4.69) is 20.0 Å². The number of nitrogens with zero attached hydrogens (tertiary/aromatic N) is 6. The van der Waals surface area contributed by atoms with E-state index in [4.69, 9.17) is 16.3 Å². The van der Waals surface area contributed by atoms with E-state index in [-0.39, 0.29) is 22.2 Å². The molecule has 30 heavy (non-hydrogen) atoms. The second-order valence-electron chi connectivity index (χ2n) is 7.07. The first-order valence-corrected chi connectivity index (χ1v) is 10.0. The minimum Gasteiger partial charge on any atom is -0.378 e. The second kappa shape index (κ2) is 8.80. The average molecular weight is 433 g/mol. The summed E-state index contributed by atoms with van der Waals surface area (Å²) in [6.07, 6.45) is 1.76. The number of amides is 1. The highest BCUT2D eigenvalue weighted by Crippen LogP contribution is 2.25. The predicted molar refractivity (Wildman–Crippen MR) is 111 cm³/mol. The Balaban J connectivity index is 1.40. The van der Waals surface area contributed by atoms with Crippen LogP contribution in [-0.4, -0.2) is 78.4 Å². The number of rotatable bonds is 4. The maximum Gasteiger partial charge on any atom is 0.270 e. The fourth-order valence-corrected chi connectivity index (χ4v) is 3.85. The van der Waals surface area contributed by atoms with Crippen molar-refractivity contribution >= 4 is 34.7 Å². The van der Waals surface area contributed by atoms with Gasteiger partial charge in [0.1, 0.15) is 0 Å². The monoisotopic (exact) mass is 432 g/mol. The Bertz CT molecular complexity index is 944. The van der Waals surface area contributed by atoms with Gasteiger partial charge in [0.2, 0.25) is 0 Å². The first-order valence-electron chi connectivity index (χ1n) is 9.66. The largest absolute Gasteiger partial charge is 0.378 e. The number of halogens is 1. The first-order chi connectivity index (χ1) is 14.5. The van der Waals surface area contributed by atoms with Crippen LogP contribution < -0.4 is 9.80 Å². The molecule has 0 unspecified atom stereocenters. The van der Waals surface area contributed by atoms with E-state index < -0.39 is 4.92 Å². The zero-order valence-electron chi connectivity index (χ0n) is 16.2. The Morgan fingerprint density at radius 1 is 1.07 bits per heavy atom. The number of anilines is 2. The number of carbonyl (C=O) groups excluding carboxylic acids is 1. The van der Waals surface area contributed by atoms with Crippen LogP contribution in [0.5, 0.6) is 0 Å². The van der Waals surface area contributed by atoms with Gasteiger partial charge in [-0.3, -0.25) is 14.9 Å². The minimum atomic E-state index is -0.537. The van der Waals surface area contributed by atoms with Crippen molar-refractivity contribution < 1.29 is 14.5 Å². The van der Waals surface area contributed by atoms with Crippen molar-refractivity contribution in [1.29, 1.82) is 0 Å². The van der Waals surface area contributed by atoms with Crippen molar-refractivity contribution in [2.24, 2.45) is 0 Å². The Kier molecular flexibility index (Phi) is 5.96.